The van der Waals surface area contributed by atoms with E-state index in [1.54, 1.807) is 0 Å². The van der Waals surface area contributed by atoms with Crippen LogP contribution in [0.2, 0.25) is 0 Å². The van der Waals surface area contributed by atoms with Crippen molar-refractivity contribution < 1.29 is 26.0 Å². The first-order valence-corrected chi connectivity index (χ1v) is 7.24. The molecule has 2 rings (SSSR count). The number of benzene rings is 1. The maximum atomic E-state index is 13.2. The summed E-state index contributed by atoms with van der Waals surface area (Å²) in [6.45, 7) is 1.18. The van der Waals surface area contributed by atoms with Gasteiger partial charge in [0.15, 0.2) is 0 Å². The Bertz CT molecular complexity index is 601. The van der Waals surface area contributed by atoms with E-state index in [1.807, 2.05) is 0 Å². The Labute approximate surface area is 125 Å². The average molecular weight is 349 g/mol. The van der Waals surface area contributed by atoms with E-state index in [-0.39, 0.29) is 25.5 Å². The lowest BCUT2D eigenvalue weighted by Gasteiger charge is -2.26. The van der Waals surface area contributed by atoms with Crippen molar-refractivity contribution in [2.45, 2.75) is 11.1 Å². The number of rotatable bonds is 2. The number of hydrogen-bond donors (Lipinski definition) is 1. The summed E-state index contributed by atoms with van der Waals surface area (Å²) in [7, 11) is -4.03. The molecule has 0 unspecified atom stereocenters. The van der Waals surface area contributed by atoms with Crippen molar-refractivity contribution in [3.8, 4) is 0 Å². The first-order valence-electron chi connectivity index (χ1n) is 5.80. The Morgan fingerprint density at radius 3 is 2.24 bits per heavy atom. The molecule has 21 heavy (non-hydrogen) atoms. The molecule has 0 bridgehead atoms. The van der Waals surface area contributed by atoms with Gasteiger partial charge in [-0.1, -0.05) is 0 Å². The topological polar surface area (TPSA) is 49.4 Å². The molecule has 4 nitrogen and oxygen atoms in total. The highest BCUT2D eigenvalue weighted by molar-refractivity contribution is 7.89. The fraction of sp³-hybridized carbons (Fsp3) is 0.455. The van der Waals surface area contributed by atoms with Gasteiger partial charge in [0.05, 0.1) is 10.5 Å². The molecule has 0 radical (unpaired) electrons. The Morgan fingerprint density at radius 1 is 1.14 bits per heavy atom. The Hall–Kier alpha value is -0.900. The van der Waals surface area contributed by atoms with Gasteiger partial charge in [0, 0.05) is 26.2 Å². The van der Waals surface area contributed by atoms with Gasteiger partial charge in [0.25, 0.3) is 0 Å². The summed E-state index contributed by atoms with van der Waals surface area (Å²) in [6.07, 6.45) is -4.93. The largest absolute Gasteiger partial charge is 0.419 e. The predicted octanol–water partition coefficient (Wildman–Crippen LogP) is 1.86. The molecule has 1 N–H and O–H groups in total. The molecule has 1 aliphatic rings. The van der Waals surface area contributed by atoms with E-state index in [2.05, 4.69) is 5.32 Å². The lowest BCUT2D eigenvalue weighted by Crippen LogP contribution is -2.46. The van der Waals surface area contributed by atoms with Gasteiger partial charge in [0.2, 0.25) is 10.0 Å². The second-order valence-electron chi connectivity index (χ2n) is 4.29. The van der Waals surface area contributed by atoms with Gasteiger partial charge in [-0.2, -0.15) is 17.5 Å². The second-order valence-corrected chi connectivity index (χ2v) is 6.23. The maximum absolute atomic E-state index is 13.2. The second kappa shape index (κ2) is 6.47. The van der Waals surface area contributed by atoms with Gasteiger partial charge >= 0.3 is 6.18 Å². The summed E-state index contributed by atoms with van der Waals surface area (Å²) in [4.78, 5) is -0.548. The van der Waals surface area contributed by atoms with Crippen LogP contribution in [0.3, 0.4) is 0 Å². The van der Waals surface area contributed by atoms with Crippen LogP contribution in [-0.4, -0.2) is 38.9 Å². The number of sulfonamides is 1. The van der Waals surface area contributed by atoms with E-state index in [0.29, 0.717) is 25.2 Å². The number of nitrogens with one attached hydrogen (secondary N) is 1. The van der Waals surface area contributed by atoms with Crippen LogP contribution >= 0.6 is 12.4 Å². The molecule has 10 heteroatoms. The summed E-state index contributed by atoms with van der Waals surface area (Å²) in [5, 5.41) is 2.94. The van der Waals surface area contributed by atoms with Crippen molar-refractivity contribution >= 4 is 22.4 Å². The summed E-state index contributed by atoms with van der Waals surface area (Å²) >= 11 is 0. The third-order valence-electron chi connectivity index (χ3n) is 2.96. The van der Waals surface area contributed by atoms with Crippen molar-refractivity contribution in [2.24, 2.45) is 0 Å². The molecule has 1 aromatic rings. The Balaban J connectivity index is 0.00000220. The summed E-state index contributed by atoms with van der Waals surface area (Å²) in [5.74, 6) is -1.49. The fourth-order valence-electron chi connectivity index (χ4n) is 1.92. The molecular formula is C11H13ClF4N2O2S. The number of nitrogens with zero attached hydrogens (tertiary/aromatic N) is 1. The summed E-state index contributed by atoms with van der Waals surface area (Å²) in [5.41, 5.74) is -1.58. The zero-order chi connectivity index (χ0) is 15.0. The van der Waals surface area contributed by atoms with Crippen LogP contribution in [0.25, 0.3) is 0 Å². The van der Waals surface area contributed by atoms with Crippen LogP contribution in [0.4, 0.5) is 17.6 Å². The van der Waals surface area contributed by atoms with Gasteiger partial charge in [0.1, 0.15) is 5.82 Å². The van der Waals surface area contributed by atoms with Crippen LogP contribution in [0.1, 0.15) is 5.56 Å². The van der Waals surface area contributed by atoms with Crippen molar-refractivity contribution in [1.29, 1.82) is 0 Å². The zero-order valence-corrected chi connectivity index (χ0v) is 12.3. The quantitative estimate of drug-likeness (QED) is 0.830. The van der Waals surface area contributed by atoms with Crippen LogP contribution in [0.15, 0.2) is 23.1 Å². The van der Waals surface area contributed by atoms with E-state index < -0.39 is 32.5 Å². The smallest absolute Gasteiger partial charge is 0.314 e. The number of halogens is 5. The first-order chi connectivity index (χ1) is 9.23. The summed E-state index contributed by atoms with van der Waals surface area (Å²) in [6, 6.07) is 1.71. The van der Waals surface area contributed by atoms with Gasteiger partial charge < -0.3 is 5.32 Å². The molecule has 0 amide bonds. The number of piperazine rings is 1. The number of hydrogen-bond acceptors (Lipinski definition) is 3. The molecule has 0 atom stereocenters. The molecule has 1 aliphatic heterocycles. The molecule has 0 aromatic heterocycles. The normalized spacial score (nSPS) is 17.3. The average Bonchev–Trinajstić information content (AvgIpc) is 2.38. The van der Waals surface area contributed by atoms with E-state index in [9.17, 15) is 26.0 Å². The van der Waals surface area contributed by atoms with Crippen molar-refractivity contribution in [3.05, 3.63) is 29.6 Å². The standard InChI is InChI=1S/C11H12F4N2O2S.ClH/c12-10-2-1-8(7-9(10)11(13,14)15)20(18,19)17-5-3-16-4-6-17;/h1-2,7,16H,3-6H2;1H. The SMILES string of the molecule is Cl.O=S(=O)(c1ccc(F)c(C(F)(F)F)c1)N1CCNCC1. The van der Waals surface area contributed by atoms with Crippen LogP contribution in [0, 0.1) is 5.82 Å². The minimum Gasteiger partial charge on any atom is -0.314 e. The minimum absolute atomic E-state index is 0. The van der Waals surface area contributed by atoms with E-state index in [0.717, 1.165) is 10.4 Å². The van der Waals surface area contributed by atoms with Crippen LogP contribution in [0.5, 0.6) is 0 Å². The highest BCUT2D eigenvalue weighted by Crippen LogP contribution is 2.33. The molecule has 1 fully saturated rings. The summed E-state index contributed by atoms with van der Waals surface area (Å²) < 4.78 is 76.4. The minimum atomic E-state index is -4.93. The van der Waals surface area contributed by atoms with E-state index >= 15 is 0 Å². The third-order valence-corrected chi connectivity index (χ3v) is 4.85. The Kier molecular flexibility index (Phi) is 5.59. The van der Waals surface area contributed by atoms with Crippen molar-refractivity contribution in [1.82, 2.24) is 9.62 Å². The molecule has 0 spiro atoms. The first kappa shape index (κ1) is 18.1. The zero-order valence-electron chi connectivity index (χ0n) is 10.7. The lowest BCUT2D eigenvalue weighted by molar-refractivity contribution is -0.140. The maximum Gasteiger partial charge on any atom is 0.419 e. The predicted molar refractivity (Wildman–Crippen MR) is 70.3 cm³/mol. The van der Waals surface area contributed by atoms with Gasteiger partial charge in [-0.05, 0) is 18.2 Å². The fourth-order valence-corrected chi connectivity index (χ4v) is 3.38. The molecule has 1 saturated heterocycles. The molecule has 0 saturated carbocycles. The monoisotopic (exact) mass is 348 g/mol. The van der Waals surface area contributed by atoms with Crippen molar-refractivity contribution in [2.75, 3.05) is 26.2 Å². The molecule has 0 aliphatic carbocycles. The Morgan fingerprint density at radius 2 is 1.71 bits per heavy atom. The highest BCUT2D eigenvalue weighted by atomic mass is 35.5. The molecule has 120 valence electrons. The number of alkyl halides is 3. The molecule has 1 heterocycles. The van der Waals surface area contributed by atoms with Crippen LogP contribution < -0.4 is 5.32 Å². The van der Waals surface area contributed by atoms with E-state index in [1.165, 1.54) is 0 Å². The van der Waals surface area contributed by atoms with Gasteiger partial charge in [-0.15, -0.1) is 12.4 Å². The molecular weight excluding hydrogens is 336 g/mol. The highest BCUT2D eigenvalue weighted by Gasteiger charge is 2.36. The van der Waals surface area contributed by atoms with Crippen LogP contribution in [-0.2, 0) is 16.2 Å². The van der Waals surface area contributed by atoms with Gasteiger partial charge in [-0.3, -0.25) is 0 Å². The van der Waals surface area contributed by atoms with Gasteiger partial charge in [-0.25, -0.2) is 12.8 Å². The van der Waals surface area contributed by atoms with Crippen molar-refractivity contribution in [3.63, 3.8) is 0 Å². The van der Waals surface area contributed by atoms with E-state index in [4.69, 9.17) is 0 Å². The lowest BCUT2D eigenvalue weighted by atomic mass is 10.2. The molecule has 1 aromatic carbocycles. The third kappa shape index (κ3) is 3.85.